The fourth-order valence-electron chi connectivity index (χ4n) is 2.51. The van der Waals surface area contributed by atoms with Gasteiger partial charge < -0.3 is 4.74 Å². The van der Waals surface area contributed by atoms with Crippen molar-refractivity contribution >= 4 is 0 Å². The molecule has 2 rings (SSSR count). The summed E-state index contributed by atoms with van der Waals surface area (Å²) >= 11 is 0. The number of hydrogen-bond acceptors (Lipinski definition) is 1. The van der Waals surface area contributed by atoms with E-state index in [9.17, 15) is 4.39 Å². The average molecular weight is 210 g/mol. The summed E-state index contributed by atoms with van der Waals surface area (Å²) in [5.74, 6) is 0.442. The lowest BCUT2D eigenvalue weighted by molar-refractivity contribution is 0.191. The van der Waals surface area contributed by atoms with Crippen molar-refractivity contribution in [3.8, 4) is 0 Å². The molecule has 15 heavy (non-hydrogen) atoms. The van der Waals surface area contributed by atoms with Crippen LogP contribution in [-0.2, 0) is 4.74 Å². The zero-order valence-electron chi connectivity index (χ0n) is 9.34. The summed E-state index contributed by atoms with van der Waals surface area (Å²) in [5, 5.41) is 0. The number of unbranched alkanes of at least 4 members (excludes halogenated alkanes) is 2. The monoisotopic (exact) mass is 210 g/mol. The van der Waals surface area contributed by atoms with Crippen LogP contribution in [-0.4, -0.2) is 13.7 Å². The van der Waals surface area contributed by atoms with Crippen molar-refractivity contribution in [1.82, 2.24) is 0 Å². The first-order chi connectivity index (χ1) is 7.27. The molecule has 1 nitrogen and oxygen atoms in total. The van der Waals surface area contributed by atoms with Gasteiger partial charge in [0.15, 0.2) is 0 Å². The van der Waals surface area contributed by atoms with Gasteiger partial charge in [0, 0.05) is 13.7 Å². The molecule has 0 amide bonds. The van der Waals surface area contributed by atoms with E-state index >= 15 is 0 Å². The molecule has 2 heteroatoms. The van der Waals surface area contributed by atoms with Gasteiger partial charge in [0.05, 0.1) is 0 Å². The van der Waals surface area contributed by atoms with Gasteiger partial charge >= 0.3 is 0 Å². The molecular weight excluding hydrogens is 191 g/mol. The number of methoxy groups -OCH3 is 1. The van der Waals surface area contributed by atoms with E-state index in [2.05, 4.69) is 6.08 Å². The largest absolute Gasteiger partial charge is 0.385 e. The molecule has 0 radical (unpaired) electrons. The summed E-state index contributed by atoms with van der Waals surface area (Å²) in [7, 11) is 1.74. The Labute approximate surface area is 91.0 Å². The maximum Gasteiger partial charge on any atom is 0.119 e. The number of allylic oxidation sites excluding steroid dienone is 4. The first-order valence-electron chi connectivity index (χ1n) is 5.82. The van der Waals surface area contributed by atoms with Gasteiger partial charge in [0.25, 0.3) is 0 Å². The van der Waals surface area contributed by atoms with E-state index in [1.807, 2.05) is 0 Å². The van der Waals surface area contributed by atoms with E-state index in [4.69, 9.17) is 4.74 Å². The van der Waals surface area contributed by atoms with Crippen LogP contribution in [0.5, 0.6) is 0 Å². The fourth-order valence-corrected chi connectivity index (χ4v) is 2.51. The molecule has 0 aliphatic heterocycles. The molecule has 0 saturated heterocycles. The fraction of sp³-hybridized carbons (Fsp3) is 0.692. The minimum absolute atomic E-state index is 0.0486. The van der Waals surface area contributed by atoms with Gasteiger partial charge in [-0.1, -0.05) is 18.9 Å². The molecule has 0 spiro atoms. The lowest BCUT2D eigenvalue weighted by atomic mass is 9.92. The molecular formula is C13H19FO. The Kier molecular flexibility index (Phi) is 3.25. The zero-order valence-corrected chi connectivity index (χ0v) is 9.34. The highest BCUT2D eigenvalue weighted by Gasteiger charge is 2.51. The third-order valence-electron chi connectivity index (χ3n) is 3.60. The lowest BCUT2D eigenvalue weighted by Crippen LogP contribution is -2.02. The number of halogens is 1. The molecule has 2 aliphatic carbocycles. The Balaban J connectivity index is 1.68. The van der Waals surface area contributed by atoms with Crippen molar-refractivity contribution in [2.24, 2.45) is 11.3 Å². The first kappa shape index (κ1) is 10.9. The topological polar surface area (TPSA) is 9.23 Å². The molecule has 0 bridgehead atoms. The maximum atomic E-state index is 12.9. The van der Waals surface area contributed by atoms with E-state index in [0.717, 1.165) is 19.4 Å². The van der Waals surface area contributed by atoms with Crippen molar-refractivity contribution in [2.45, 2.75) is 32.1 Å². The van der Waals surface area contributed by atoms with Crippen LogP contribution in [0.3, 0.4) is 0 Å². The molecule has 2 atom stereocenters. The predicted molar refractivity (Wildman–Crippen MR) is 59.2 cm³/mol. The minimum Gasteiger partial charge on any atom is -0.385 e. The van der Waals surface area contributed by atoms with Crippen LogP contribution in [0.1, 0.15) is 32.1 Å². The molecule has 0 N–H and O–H groups in total. The Morgan fingerprint density at radius 2 is 2.33 bits per heavy atom. The summed E-state index contributed by atoms with van der Waals surface area (Å²) in [6.07, 6.45) is 11.5. The van der Waals surface area contributed by atoms with E-state index in [0.29, 0.717) is 11.3 Å². The second kappa shape index (κ2) is 4.48. The molecule has 1 saturated carbocycles. The average Bonchev–Trinajstić information content (AvgIpc) is 2.91. The molecule has 2 unspecified atom stereocenters. The highest BCUT2D eigenvalue weighted by atomic mass is 19.1. The van der Waals surface area contributed by atoms with Crippen LogP contribution in [0.15, 0.2) is 24.1 Å². The second-order valence-corrected chi connectivity index (χ2v) is 4.73. The number of fused-ring (bicyclic) bond motifs is 1. The highest BCUT2D eigenvalue weighted by Crippen LogP contribution is 2.60. The Morgan fingerprint density at radius 3 is 3.07 bits per heavy atom. The van der Waals surface area contributed by atoms with Crippen molar-refractivity contribution < 1.29 is 9.13 Å². The van der Waals surface area contributed by atoms with Crippen LogP contribution >= 0.6 is 0 Å². The first-order valence-corrected chi connectivity index (χ1v) is 5.82. The van der Waals surface area contributed by atoms with Crippen LogP contribution in [0, 0.1) is 11.3 Å². The van der Waals surface area contributed by atoms with E-state index in [-0.39, 0.29) is 5.83 Å². The van der Waals surface area contributed by atoms with Gasteiger partial charge in [-0.2, -0.15) is 0 Å². The molecule has 1 fully saturated rings. The van der Waals surface area contributed by atoms with Crippen LogP contribution in [0.4, 0.5) is 4.39 Å². The summed E-state index contributed by atoms with van der Waals surface area (Å²) in [6, 6.07) is 0. The van der Waals surface area contributed by atoms with Crippen molar-refractivity contribution in [1.29, 1.82) is 0 Å². The third-order valence-corrected chi connectivity index (χ3v) is 3.60. The van der Waals surface area contributed by atoms with Crippen molar-refractivity contribution in [2.75, 3.05) is 13.7 Å². The lowest BCUT2D eigenvalue weighted by Gasteiger charge is -2.13. The van der Waals surface area contributed by atoms with E-state index in [1.54, 1.807) is 19.3 Å². The number of rotatable bonds is 6. The summed E-state index contributed by atoms with van der Waals surface area (Å²) in [4.78, 5) is 0. The smallest absolute Gasteiger partial charge is 0.119 e. The molecule has 0 aromatic carbocycles. The minimum atomic E-state index is -0.0486. The summed E-state index contributed by atoms with van der Waals surface area (Å²) < 4.78 is 17.9. The quantitative estimate of drug-likeness (QED) is 0.608. The summed E-state index contributed by atoms with van der Waals surface area (Å²) in [6.45, 7) is 0.862. The molecule has 0 aromatic rings. The van der Waals surface area contributed by atoms with Crippen LogP contribution < -0.4 is 0 Å². The third kappa shape index (κ3) is 2.49. The van der Waals surface area contributed by atoms with Gasteiger partial charge in [-0.05, 0) is 42.7 Å². The normalized spacial score (nSPS) is 32.4. The standard InChI is InChI=1S/C13H19FO/c1-15-8-4-2-3-6-13-7-5-12(14)9-11(13)10-13/h5,7,9,11H,2-4,6,8,10H2,1H3. The molecule has 2 aliphatic rings. The molecule has 0 heterocycles. The van der Waals surface area contributed by atoms with Gasteiger partial charge in [-0.3, -0.25) is 0 Å². The van der Waals surface area contributed by atoms with E-state index in [1.165, 1.54) is 19.3 Å². The van der Waals surface area contributed by atoms with Crippen molar-refractivity contribution in [3.63, 3.8) is 0 Å². The SMILES string of the molecule is COCCCCCC12C=CC(F)=CC1C2. The Hall–Kier alpha value is -0.630. The number of hydrogen-bond donors (Lipinski definition) is 0. The van der Waals surface area contributed by atoms with Crippen molar-refractivity contribution in [3.05, 3.63) is 24.1 Å². The second-order valence-electron chi connectivity index (χ2n) is 4.73. The van der Waals surface area contributed by atoms with Gasteiger partial charge in [-0.25, -0.2) is 4.39 Å². The molecule has 0 aromatic heterocycles. The Bertz CT molecular complexity index is 282. The van der Waals surface area contributed by atoms with Crippen LogP contribution in [0.25, 0.3) is 0 Å². The highest BCUT2D eigenvalue weighted by molar-refractivity contribution is 5.32. The predicted octanol–water partition coefficient (Wildman–Crippen LogP) is 3.62. The molecule has 84 valence electrons. The van der Waals surface area contributed by atoms with E-state index < -0.39 is 0 Å². The maximum absolute atomic E-state index is 12.9. The van der Waals surface area contributed by atoms with Crippen LogP contribution in [0.2, 0.25) is 0 Å². The van der Waals surface area contributed by atoms with Gasteiger partial charge in [0.1, 0.15) is 5.83 Å². The summed E-state index contributed by atoms with van der Waals surface area (Å²) in [5.41, 5.74) is 0.336. The van der Waals surface area contributed by atoms with Gasteiger partial charge in [-0.15, -0.1) is 0 Å². The zero-order chi connectivity index (χ0) is 10.7. The van der Waals surface area contributed by atoms with Gasteiger partial charge in [0.2, 0.25) is 0 Å². The Morgan fingerprint density at radius 1 is 1.47 bits per heavy atom. The number of ether oxygens (including phenoxy) is 1.